The molecule has 25 heavy (non-hydrogen) atoms. The van der Waals surface area contributed by atoms with Gasteiger partial charge in [0.05, 0.1) is 18.5 Å². The molecule has 0 aromatic heterocycles. The molecule has 0 spiro atoms. The van der Waals surface area contributed by atoms with Gasteiger partial charge < -0.3 is 9.16 Å². The van der Waals surface area contributed by atoms with Crippen molar-refractivity contribution < 1.29 is 9.16 Å². The fraction of sp³-hybridized carbons (Fsp3) is 0.636. The first-order valence-corrected chi connectivity index (χ1v) is 11.9. The Hall–Kier alpha value is -1.06. The van der Waals surface area contributed by atoms with Crippen molar-refractivity contribution in [3.8, 4) is 0 Å². The average molecular weight is 361 g/mol. The molecule has 0 amide bonds. The van der Waals surface area contributed by atoms with Gasteiger partial charge in [-0.3, -0.25) is 0 Å². The predicted molar refractivity (Wildman–Crippen MR) is 109 cm³/mol. The second-order valence-electron chi connectivity index (χ2n) is 8.58. The average Bonchev–Trinajstić information content (AvgIpc) is 2.55. The van der Waals surface area contributed by atoms with Crippen molar-refractivity contribution in [2.24, 2.45) is 0 Å². The minimum absolute atomic E-state index is 0.166. The zero-order valence-corrected chi connectivity index (χ0v) is 18.1. The molecule has 140 valence electrons. The van der Waals surface area contributed by atoms with Gasteiger partial charge in [-0.25, -0.2) is 0 Å². The summed E-state index contributed by atoms with van der Waals surface area (Å²) in [5, 5.41) is 0. The van der Waals surface area contributed by atoms with Crippen LogP contribution in [0.4, 0.5) is 0 Å². The van der Waals surface area contributed by atoms with Crippen molar-refractivity contribution in [3.05, 3.63) is 47.7 Å². The van der Waals surface area contributed by atoms with E-state index >= 15 is 0 Å². The van der Waals surface area contributed by atoms with Crippen LogP contribution in [0, 0.1) is 0 Å². The molecule has 2 nitrogen and oxygen atoms in total. The summed E-state index contributed by atoms with van der Waals surface area (Å²) >= 11 is 0. The number of hydrogen-bond donors (Lipinski definition) is 0. The minimum Gasteiger partial charge on any atom is -0.548 e. The maximum Gasteiger partial charge on any atom is 0.257 e. The third-order valence-electron chi connectivity index (χ3n) is 6.06. The van der Waals surface area contributed by atoms with Gasteiger partial charge in [0.15, 0.2) is 0 Å². The van der Waals surface area contributed by atoms with Crippen LogP contribution in [0.25, 0.3) is 0 Å². The van der Waals surface area contributed by atoms with E-state index in [4.69, 9.17) is 9.16 Å². The van der Waals surface area contributed by atoms with Crippen LogP contribution in [-0.2, 0) is 15.8 Å². The van der Waals surface area contributed by atoms with E-state index in [0.717, 1.165) is 12.8 Å². The summed E-state index contributed by atoms with van der Waals surface area (Å²) < 4.78 is 12.9. The highest BCUT2D eigenvalue weighted by Crippen LogP contribution is 2.45. The van der Waals surface area contributed by atoms with Gasteiger partial charge in [0.1, 0.15) is 0 Å². The highest BCUT2D eigenvalue weighted by atomic mass is 28.4. The van der Waals surface area contributed by atoms with E-state index in [1.165, 1.54) is 11.1 Å². The molecule has 1 unspecified atom stereocenters. The quantitative estimate of drug-likeness (QED) is 0.373. The second-order valence-corrected chi connectivity index (χ2v) is 14.0. The van der Waals surface area contributed by atoms with Crippen molar-refractivity contribution in [3.63, 3.8) is 0 Å². The smallest absolute Gasteiger partial charge is 0.257 e. The molecule has 1 atom stereocenters. The third-order valence-corrected chi connectivity index (χ3v) is 12.0. The first-order chi connectivity index (χ1) is 11.7. The number of hydrogen-bond acceptors (Lipinski definition) is 2. The lowest BCUT2D eigenvalue weighted by molar-refractivity contribution is -0.0525. The standard InChI is InChI=1S/C22H36O2Si/c1-17(2)25(18(3)4,19(5)6)24-16-21-13-14-22(21,7)23-15-20-11-9-8-10-12-20/h8-12,16-19H,13-15H2,1-7H3/b21-16+. The lowest BCUT2D eigenvalue weighted by Crippen LogP contribution is -2.47. The van der Waals surface area contributed by atoms with Crippen molar-refractivity contribution >= 4 is 8.32 Å². The summed E-state index contributed by atoms with van der Waals surface area (Å²) in [6.07, 6.45) is 4.25. The maximum absolute atomic E-state index is 6.66. The second kappa shape index (κ2) is 8.09. The highest BCUT2D eigenvalue weighted by Gasteiger charge is 2.47. The highest BCUT2D eigenvalue weighted by molar-refractivity contribution is 6.77. The zero-order chi connectivity index (χ0) is 18.7. The molecule has 1 saturated carbocycles. The van der Waals surface area contributed by atoms with Crippen LogP contribution in [0.2, 0.25) is 16.6 Å². The summed E-state index contributed by atoms with van der Waals surface area (Å²) in [5.41, 5.74) is 4.18. The van der Waals surface area contributed by atoms with E-state index in [-0.39, 0.29) is 5.60 Å². The van der Waals surface area contributed by atoms with Gasteiger partial charge in [0.2, 0.25) is 0 Å². The molecule has 2 rings (SSSR count). The van der Waals surface area contributed by atoms with E-state index < -0.39 is 8.32 Å². The van der Waals surface area contributed by atoms with Crippen molar-refractivity contribution in [1.29, 1.82) is 0 Å². The summed E-state index contributed by atoms with van der Waals surface area (Å²) in [4.78, 5) is 0. The molecular formula is C22H36O2Si. The van der Waals surface area contributed by atoms with E-state index in [2.05, 4.69) is 79.0 Å². The van der Waals surface area contributed by atoms with Gasteiger partial charge in [-0.1, -0.05) is 71.9 Å². The number of rotatable bonds is 8. The Kier molecular flexibility index (Phi) is 6.55. The summed E-state index contributed by atoms with van der Waals surface area (Å²) in [5.74, 6) is 0. The number of benzene rings is 1. The third kappa shape index (κ3) is 4.20. The van der Waals surface area contributed by atoms with Gasteiger partial charge in [-0.05, 0) is 47.5 Å². The predicted octanol–water partition coefficient (Wildman–Crippen LogP) is 6.83. The van der Waals surface area contributed by atoms with E-state index in [0.29, 0.717) is 23.2 Å². The molecule has 1 fully saturated rings. The summed E-state index contributed by atoms with van der Waals surface area (Å²) in [7, 11) is -1.85. The molecule has 0 bridgehead atoms. The van der Waals surface area contributed by atoms with Gasteiger partial charge >= 0.3 is 0 Å². The summed E-state index contributed by atoms with van der Waals surface area (Å²) in [6.45, 7) is 16.8. The molecular weight excluding hydrogens is 324 g/mol. The van der Waals surface area contributed by atoms with Gasteiger partial charge in [-0.2, -0.15) is 0 Å². The van der Waals surface area contributed by atoms with Crippen LogP contribution in [0.15, 0.2) is 42.2 Å². The lowest BCUT2D eigenvalue weighted by atomic mass is 9.76. The molecule has 1 aromatic carbocycles. The SMILES string of the molecule is CC(C)[Si](O/C=C1\CCC1(C)OCc1ccccc1)(C(C)C)C(C)C. The fourth-order valence-corrected chi connectivity index (χ4v) is 9.53. The maximum atomic E-state index is 6.66. The Labute approximate surface area is 155 Å². The molecule has 1 aromatic rings. The van der Waals surface area contributed by atoms with Crippen LogP contribution in [0.1, 0.15) is 66.9 Å². The largest absolute Gasteiger partial charge is 0.548 e. The Morgan fingerprint density at radius 2 is 1.56 bits per heavy atom. The van der Waals surface area contributed by atoms with Crippen LogP contribution >= 0.6 is 0 Å². The first-order valence-electron chi connectivity index (χ1n) is 9.77. The Balaban J connectivity index is 2.09. The van der Waals surface area contributed by atoms with Crippen LogP contribution in [0.3, 0.4) is 0 Å². The molecule has 1 aliphatic rings. The van der Waals surface area contributed by atoms with Crippen LogP contribution < -0.4 is 0 Å². The molecule has 0 saturated heterocycles. The molecule has 0 heterocycles. The van der Waals surface area contributed by atoms with Crippen LogP contribution in [-0.4, -0.2) is 13.9 Å². The molecule has 0 aliphatic heterocycles. The van der Waals surface area contributed by atoms with Crippen LogP contribution in [0.5, 0.6) is 0 Å². The van der Waals surface area contributed by atoms with E-state index in [9.17, 15) is 0 Å². The van der Waals surface area contributed by atoms with Crippen molar-refractivity contribution in [2.45, 2.75) is 90.1 Å². The topological polar surface area (TPSA) is 18.5 Å². The minimum atomic E-state index is -1.85. The fourth-order valence-electron chi connectivity index (χ4n) is 4.37. The normalized spacial score (nSPS) is 22.7. The monoisotopic (exact) mass is 360 g/mol. The molecule has 1 aliphatic carbocycles. The molecule has 0 N–H and O–H groups in total. The van der Waals surface area contributed by atoms with Gasteiger partial charge in [0.25, 0.3) is 8.32 Å². The first kappa shape index (κ1) is 20.3. The van der Waals surface area contributed by atoms with Crippen molar-refractivity contribution in [2.75, 3.05) is 0 Å². The molecule has 3 heteroatoms. The van der Waals surface area contributed by atoms with Crippen molar-refractivity contribution in [1.82, 2.24) is 0 Å². The number of ether oxygens (including phenoxy) is 1. The Morgan fingerprint density at radius 1 is 1.00 bits per heavy atom. The lowest BCUT2D eigenvalue weighted by Gasteiger charge is -2.45. The Morgan fingerprint density at radius 3 is 2.00 bits per heavy atom. The van der Waals surface area contributed by atoms with E-state index in [1.54, 1.807) is 0 Å². The van der Waals surface area contributed by atoms with Gasteiger partial charge in [0, 0.05) is 0 Å². The Bertz CT molecular complexity index is 555. The molecule has 0 radical (unpaired) electrons. The summed E-state index contributed by atoms with van der Waals surface area (Å²) in [6, 6.07) is 10.4. The zero-order valence-electron chi connectivity index (χ0n) is 17.1. The van der Waals surface area contributed by atoms with E-state index in [1.807, 2.05) is 6.07 Å². The van der Waals surface area contributed by atoms with Gasteiger partial charge in [-0.15, -0.1) is 0 Å².